The Labute approximate surface area is 99.1 Å². The van der Waals surface area contributed by atoms with Crippen LogP contribution in [-0.4, -0.2) is 39.5 Å². The predicted octanol–water partition coefficient (Wildman–Crippen LogP) is 1.08. The Kier molecular flexibility index (Phi) is 3.08. The molecule has 5 nitrogen and oxygen atoms in total. The van der Waals surface area contributed by atoms with E-state index in [-0.39, 0.29) is 5.91 Å². The molecular formula is C12H14N2O3. The number of hydrogen-bond acceptors (Lipinski definition) is 3. The molecule has 90 valence electrons. The molecule has 1 aromatic heterocycles. The summed E-state index contributed by atoms with van der Waals surface area (Å²) >= 11 is 0. The quantitative estimate of drug-likeness (QED) is 0.831. The van der Waals surface area contributed by atoms with Crippen molar-refractivity contribution in [3.63, 3.8) is 0 Å². The second-order valence-corrected chi connectivity index (χ2v) is 4.13. The third kappa shape index (κ3) is 2.13. The number of carbonyl (C=O) groups is 2. The van der Waals surface area contributed by atoms with E-state index in [1.54, 1.807) is 25.3 Å². The molecule has 0 spiro atoms. The maximum absolute atomic E-state index is 12.2. The third-order valence-electron chi connectivity index (χ3n) is 3.04. The molecule has 0 saturated carbocycles. The number of aromatic nitrogens is 1. The number of amides is 1. The molecule has 2 rings (SSSR count). The van der Waals surface area contributed by atoms with Crippen LogP contribution in [0.5, 0.6) is 0 Å². The van der Waals surface area contributed by atoms with Crippen LogP contribution in [0.15, 0.2) is 18.3 Å². The topological polar surface area (TPSA) is 70.5 Å². The van der Waals surface area contributed by atoms with Crippen molar-refractivity contribution in [1.29, 1.82) is 0 Å². The number of aliphatic carboxylic acids is 1. The summed E-state index contributed by atoms with van der Waals surface area (Å²) in [4.78, 5) is 28.7. The zero-order valence-corrected chi connectivity index (χ0v) is 9.59. The van der Waals surface area contributed by atoms with Gasteiger partial charge < -0.3 is 10.0 Å². The SMILES string of the molecule is Cc1ncccc1C(=O)N1CCC[C@H]1C(=O)O. The summed E-state index contributed by atoms with van der Waals surface area (Å²) in [5.41, 5.74) is 1.12. The van der Waals surface area contributed by atoms with E-state index in [0.717, 1.165) is 6.42 Å². The Balaban J connectivity index is 2.26. The molecule has 2 heterocycles. The average molecular weight is 234 g/mol. The fraction of sp³-hybridized carbons (Fsp3) is 0.417. The number of likely N-dealkylation sites (tertiary alicyclic amines) is 1. The molecule has 0 aliphatic carbocycles. The lowest BCUT2D eigenvalue weighted by atomic mass is 10.1. The zero-order chi connectivity index (χ0) is 12.4. The molecule has 1 amide bonds. The van der Waals surface area contributed by atoms with E-state index in [9.17, 15) is 9.59 Å². The summed E-state index contributed by atoms with van der Waals surface area (Å²) in [5.74, 6) is -1.17. The number of pyridine rings is 1. The van der Waals surface area contributed by atoms with Gasteiger partial charge in [-0.2, -0.15) is 0 Å². The van der Waals surface area contributed by atoms with Gasteiger partial charge in [-0.25, -0.2) is 4.79 Å². The van der Waals surface area contributed by atoms with Gasteiger partial charge in [0.2, 0.25) is 0 Å². The number of hydrogen-bond donors (Lipinski definition) is 1. The molecule has 0 unspecified atom stereocenters. The van der Waals surface area contributed by atoms with Gasteiger partial charge in [-0.05, 0) is 31.9 Å². The number of carboxylic acid groups (broad SMARTS) is 1. The second-order valence-electron chi connectivity index (χ2n) is 4.13. The third-order valence-corrected chi connectivity index (χ3v) is 3.04. The number of carbonyl (C=O) groups excluding carboxylic acids is 1. The number of rotatable bonds is 2. The van der Waals surface area contributed by atoms with Gasteiger partial charge in [0.05, 0.1) is 5.56 Å². The molecule has 1 fully saturated rings. The minimum Gasteiger partial charge on any atom is -0.480 e. The van der Waals surface area contributed by atoms with Crippen molar-refractivity contribution in [1.82, 2.24) is 9.88 Å². The van der Waals surface area contributed by atoms with Crippen LogP contribution in [0.2, 0.25) is 0 Å². The molecule has 1 N–H and O–H groups in total. The van der Waals surface area contributed by atoms with E-state index in [4.69, 9.17) is 5.11 Å². The van der Waals surface area contributed by atoms with Crippen LogP contribution in [0.3, 0.4) is 0 Å². The summed E-state index contributed by atoms with van der Waals surface area (Å²) in [6.07, 6.45) is 2.88. The molecule has 5 heteroatoms. The van der Waals surface area contributed by atoms with Crippen LogP contribution in [0.1, 0.15) is 28.9 Å². The van der Waals surface area contributed by atoms with E-state index in [0.29, 0.717) is 24.2 Å². The number of aryl methyl sites for hydroxylation is 1. The fourth-order valence-electron chi connectivity index (χ4n) is 2.13. The van der Waals surface area contributed by atoms with Crippen LogP contribution < -0.4 is 0 Å². The van der Waals surface area contributed by atoms with Gasteiger partial charge in [-0.1, -0.05) is 0 Å². The standard InChI is InChI=1S/C12H14N2O3/c1-8-9(4-2-6-13-8)11(15)14-7-3-5-10(14)12(16)17/h2,4,6,10H,3,5,7H2,1H3,(H,16,17)/t10-/m0/s1. The minimum absolute atomic E-state index is 0.236. The van der Waals surface area contributed by atoms with Crippen molar-refractivity contribution < 1.29 is 14.7 Å². The lowest BCUT2D eigenvalue weighted by molar-refractivity contribution is -0.141. The van der Waals surface area contributed by atoms with Gasteiger partial charge in [-0.15, -0.1) is 0 Å². The van der Waals surface area contributed by atoms with Crippen molar-refractivity contribution >= 4 is 11.9 Å². The molecule has 1 aromatic rings. The average Bonchev–Trinajstić information content (AvgIpc) is 2.77. The molecule has 1 atom stereocenters. The van der Waals surface area contributed by atoms with Crippen LogP contribution >= 0.6 is 0 Å². The van der Waals surface area contributed by atoms with E-state index in [2.05, 4.69) is 4.98 Å². The Bertz CT molecular complexity index is 459. The fourth-order valence-corrected chi connectivity index (χ4v) is 2.13. The van der Waals surface area contributed by atoms with Gasteiger partial charge >= 0.3 is 5.97 Å². The Morgan fingerprint density at radius 2 is 2.29 bits per heavy atom. The molecule has 0 aromatic carbocycles. The molecule has 1 saturated heterocycles. The first-order valence-electron chi connectivity index (χ1n) is 5.56. The van der Waals surface area contributed by atoms with Crippen LogP contribution in [0.25, 0.3) is 0 Å². The summed E-state index contributed by atoms with van der Waals surface area (Å²) in [6.45, 7) is 2.25. The van der Waals surface area contributed by atoms with E-state index < -0.39 is 12.0 Å². The lowest BCUT2D eigenvalue weighted by Crippen LogP contribution is -2.40. The normalized spacial score (nSPS) is 19.4. The molecular weight excluding hydrogens is 220 g/mol. The Hall–Kier alpha value is -1.91. The highest BCUT2D eigenvalue weighted by molar-refractivity contribution is 5.97. The maximum Gasteiger partial charge on any atom is 0.326 e. The number of carboxylic acids is 1. The maximum atomic E-state index is 12.2. The first-order chi connectivity index (χ1) is 8.11. The summed E-state index contributed by atoms with van der Waals surface area (Å²) in [7, 11) is 0. The lowest BCUT2D eigenvalue weighted by Gasteiger charge is -2.21. The van der Waals surface area contributed by atoms with E-state index in [1.807, 2.05) is 0 Å². The van der Waals surface area contributed by atoms with Crippen molar-refractivity contribution in [3.05, 3.63) is 29.6 Å². The molecule has 0 bridgehead atoms. The molecule has 17 heavy (non-hydrogen) atoms. The first kappa shape index (κ1) is 11.6. The second kappa shape index (κ2) is 4.53. The smallest absolute Gasteiger partial charge is 0.326 e. The minimum atomic E-state index is -0.933. The van der Waals surface area contributed by atoms with Gasteiger partial charge in [0.25, 0.3) is 5.91 Å². The zero-order valence-electron chi connectivity index (χ0n) is 9.59. The first-order valence-corrected chi connectivity index (χ1v) is 5.56. The van der Waals surface area contributed by atoms with Crippen LogP contribution in [0.4, 0.5) is 0 Å². The molecule has 1 aliphatic rings. The highest BCUT2D eigenvalue weighted by Gasteiger charge is 2.34. The van der Waals surface area contributed by atoms with E-state index in [1.165, 1.54) is 4.90 Å². The summed E-state index contributed by atoms with van der Waals surface area (Å²) < 4.78 is 0. The molecule has 0 radical (unpaired) electrons. The van der Waals surface area contributed by atoms with Crippen LogP contribution in [-0.2, 0) is 4.79 Å². The summed E-state index contributed by atoms with van der Waals surface area (Å²) in [5, 5.41) is 9.04. The highest BCUT2D eigenvalue weighted by Crippen LogP contribution is 2.21. The number of nitrogens with zero attached hydrogens (tertiary/aromatic N) is 2. The Morgan fingerprint density at radius 1 is 1.53 bits per heavy atom. The van der Waals surface area contributed by atoms with Gasteiger partial charge in [-0.3, -0.25) is 9.78 Å². The van der Waals surface area contributed by atoms with Crippen molar-refractivity contribution in [2.45, 2.75) is 25.8 Å². The molecule has 1 aliphatic heterocycles. The van der Waals surface area contributed by atoms with Crippen molar-refractivity contribution in [2.24, 2.45) is 0 Å². The van der Waals surface area contributed by atoms with Crippen LogP contribution in [0, 0.1) is 6.92 Å². The van der Waals surface area contributed by atoms with Gasteiger partial charge in [0.15, 0.2) is 0 Å². The largest absolute Gasteiger partial charge is 0.480 e. The highest BCUT2D eigenvalue weighted by atomic mass is 16.4. The Morgan fingerprint density at radius 3 is 2.94 bits per heavy atom. The monoisotopic (exact) mass is 234 g/mol. The van der Waals surface area contributed by atoms with Crippen molar-refractivity contribution in [3.8, 4) is 0 Å². The summed E-state index contributed by atoms with van der Waals surface area (Å²) in [6, 6.07) is 2.68. The van der Waals surface area contributed by atoms with Crippen molar-refractivity contribution in [2.75, 3.05) is 6.54 Å². The van der Waals surface area contributed by atoms with Gasteiger partial charge in [0, 0.05) is 18.4 Å². The van der Waals surface area contributed by atoms with E-state index >= 15 is 0 Å². The van der Waals surface area contributed by atoms with Gasteiger partial charge in [0.1, 0.15) is 6.04 Å². The predicted molar refractivity (Wildman–Crippen MR) is 60.7 cm³/mol.